The average molecular weight is 277 g/mol. The monoisotopic (exact) mass is 277 g/mol. The number of nitrogens with zero attached hydrogens (tertiary/aromatic N) is 1. The minimum Gasteiger partial charge on any atom is -0.477 e. The summed E-state index contributed by atoms with van der Waals surface area (Å²) in [5.74, 6) is -1.75. The van der Waals surface area contributed by atoms with E-state index < -0.39 is 17.2 Å². The maximum Gasteiger partial charge on any atom is 0.341 e. The summed E-state index contributed by atoms with van der Waals surface area (Å²) in [6, 6.07) is 1.15. The zero-order chi connectivity index (χ0) is 15.0. The van der Waals surface area contributed by atoms with E-state index in [1.54, 1.807) is 11.5 Å². The number of hydrogen-bond donors (Lipinski definition) is 1. The SMILES string of the molecule is CCc1c(F)cc2c(=O)c(C(=O)O)cn(CC)c2c1C. The first-order valence-corrected chi connectivity index (χ1v) is 6.50. The fourth-order valence-electron chi connectivity index (χ4n) is 2.61. The second-order valence-corrected chi connectivity index (χ2v) is 4.67. The highest BCUT2D eigenvalue weighted by Gasteiger charge is 2.18. The van der Waals surface area contributed by atoms with Gasteiger partial charge in [0.05, 0.1) is 5.52 Å². The van der Waals surface area contributed by atoms with Crippen molar-refractivity contribution in [1.82, 2.24) is 4.57 Å². The third-order valence-electron chi connectivity index (χ3n) is 3.61. The average Bonchev–Trinajstić information content (AvgIpc) is 2.40. The Morgan fingerprint density at radius 1 is 1.40 bits per heavy atom. The number of aromatic nitrogens is 1. The lowest BCUT2D eigenvalue weighted by Gasteiger charge is -2.15. The Labute approximate surface area is 115 Å². The lowest BCUT2D eigenvalue weighted by atomic mass is 9.99. The minimum atomic E-state index is -1.29. The fraction of sp³-hybridized carbons (Fsp3) is 0.333. The van der Waals surface area contributed by atoms with Crippen molar-refractivity contribution in [2.75, 3.05) is 0 Å². The summed E-state index contributed by atoms with van der Waals surface area (Å²) in [6.07, 6.45) is 1.85. The molecular formula is C15H16FNO3. The molecule has 5 heteroatoms. The highest BCUT2D eigenvalue weighted by molar-refractivity contribution is 5.93. The number of hydrogen-bond acceptors (Lipinski definition) is 2. The Hall–Kier alpha value is -2.17. The molecule has 1 aromatic heterocycles. The molecule has 0 aliphatic heterocycles. The van der Waals surface area contributed by atoms with Crippen molar-refractivity contribution in [2.45, 2.75) is 33.7 Å². The molecule has 0 amide bonds. The largest absolute Gasteiger partial charge is 0.477 e. The van der Waals surface area contributed by atoms with Crippen LogP contribution in [0.25, 0.3) is 10.9 Å². The number of carbonyl (C=O) groups is 1. The predicted octanol–water partition coefficient (Wildman–Crippen LogP) is 2.73. The van der Waals surface area contributed by atoms with Crippen LogP contribution in [0, 0.1) is 12.7 Å². The number of pyridine rings is 1. The van der Waals surface area contributed by atoms with Crippen LogP contribution in [0.15, 0.2) is 17.1 Å². The van der Waals surface area contributed by atoms with Gasteiger partial charge >= 0.3 is 5.97 Å². The fourth-order valence-corrected chi connectivity index (χ4v) is 2.61. The first-order valence-electron chi connectivity index (χ1n) is 6.50. The number of fused-ring (bicyclic) bond motifs is 1. The summed E-state index contributed by atoms with van der Waals surface area (Å²) in [4.78, 5) is 23.3. The van der Waals surface area contributed by atoms with Crippen LogP contribution >= 0.6 is 0 Å². The molecule has 0 unspecified atom stereocenters. The highest BCUT2D eigenvalue weighted by Crippen LogP contribution is 2.24. The standard InChI is InChI=1S/C15H16FNO3/c1-4-9-8(3)13-10(6-12(9)16)14(18)11(15(19)20)7-17(13)5-2/h6-7H,4-5H2,1-3H3,(H,19,20). The van der Waals surface area contributed by atoms with E-state index in [0.717, 1.165) is 6.07 Å². The predicted molar refractivity (Wildman–Crippen MR) is 74.9 cm³/mol. The van der Waals surface area contributed by atoms with E-state index in [9.17, 15) is 14.0 Å². The molecule has 2 aromatic rings. The quantitative estimate of drug-likeness (QED) is 0.938. The van der Waals surface area contributed by atoms with Gasteiger partial charge in [0.25, 0.3) is 0 Å². The Kier molecular flexibility index (Phi) is 3.61. The molecule has 4 nitrogen and oxygen atoms in total. The molecule has 1 N–H and O–H groups in total. The second-order valence-electron chi connectivity index (χ2n) is 4.67. The molecule has 2 rings (SSSR count). The molecular weight excluding hydrogens is 261 g/mol. The Morgan fingerprint density at radius 3 is 2.55 bits per heavy atom. The van der Waals surface area contributed by atoms with Crippen molar-refractivity contribution in [3.8, 4) is 0 Å². The number of carboxylic acid groups (broad SMARTS) is 1. The van der Waals surface area contributed by atoms with Gasteiger partial charge in [0.2, 0.25) is 5.43 Å². The molecule has 106 valence electrons. The van der Waals surface area contributed by atoms with E-state index >= 15 is 0 Å². The third-order valence-corrected chi connectivity index (χ3v) is 3.61. The molecule has 0 spiro atoms. The second kappa shape index (κ2) is 5.07. The van der Waals surface area contributed by atoms with Crippen LogP contribution in [0.4, 0.5) is 4.39 Å². The lowest BCUT2D eigenvalue weighted by Crippen LogP contribution is -2.20. The Bertz CT molecular complexity index is 762. The number of carboxylic acids is 1. The van der Waals surface area contributed by atoms with Gasteiger partial charge in [-0.3, -0.25) is 4.79 Å². The molecule has 1 heterocycles. The van der Waals surface area contributed by atoms with Crippen LogP contribution < -0.4 is 5.43 Å². The molecule has 0 saturated heterocycles. The van der Waals surface area contributed by atoms with Crippen LogP contribution in [0.1, 0.15) is 35.3 Å². The zero-order valence-electron chi connectivity index (χ0n) is 11.7. The van der Waals surface area contributed by atoms with Crippen molar-refractivity contribution in [2.24, 2.45) is 0 Å². The molecule has 0 atom stereocenters. The summed E-state index contributed by atoms with van der Waals surface area (Å²) in [5, 5.41) is 9.20. The molecule has 0 aliphatic carbocycles. The summed E-state index contributed by atoms with van der Waals surface area (Å²) in [6.45, 7) is 5.96. The highest BCUT2D eigenvalue weighted by atomic mass is 19.1. The maximum atomic E-state index is 14.0. The van der Waals surface area contributed by atoms with Gasteiger partial charge in [0.15, 0.2) is 0 Å². The van der Waals surface area contributed by atoms with Crippen LogP contribution in [0.5, 0.6) is 0 Å². The topological polar surface area (TPSA) is 59.3 Å². The van der Waals surface area contributed by atoms with Crippen molar-refractivity contribution < 1.29 is 14.3 Å². The molecule has 20 heavy (non-hydrogen) atoms. The van der Waals surface area contributed by atoms with E-state index in [0.29, 0.717) is 29.6 Å². The van der Waals surface area contributed by atoms with Gasteiger partial charge < -0.3 is 9.67 Å². The number of halogens is 1. The van der Waals surface area contributed by atoms with Gasteiger partial charge in [-0.25, -0.2) is 9.18 Å². The smallest absolute Gasteiger partial charge is 0.341 e. The van der Waals surface area contributed by atoms with Crippen LogP contribution in [-0.2, 0) is 13.0 Å². The first kappa shape index (κ1) is 14.2. The van der Waals surface area contributed by atoms with E-state index in [2.05, 4.69) is 0 Å². The van der Waals surface area contributed by atoms with Gasteiger partial charge in [-0.15, -0.1) is 0 Å². The first-order chi connectivity index (χ1) is 9.42. The van der Waals surface area contributed by atoms with Crippen molar-refractivity contribution in [3.05, 3.63) is 45.0 Å². The Balaban J connectivity index is 3.05. The van der Waals surface area contributed by atoms with Crippen LogP contribution in [0.3, 0.4) is 0 Å². The number of aromatic carboxylic acids is 1. The van der Waals surface area contributed by atoms with E-state index in [1.807, 2.05) is 13.8 Å². The van der Waals surface area contributed by atoms with Crippen molar-refractivity contribution >= 4 is 16.9 Å². The van der Waals surface area contributed by atoms with E-state index in [-0.39, 0.29) is 10.9 Å². The number of aryl methyl sites for hydroxylation is 2. The number of benzene rings is 1. The minimum absolute atomic E-state index is 0.124. The lowest BCUT2D eigenvalue weighted by molar-refractivity contribution is 0.0695. The molecule has 0 saturated carbocycles. The van der Waals surface area contributed by atoms with Gasteiger partial charge in [-0.05, 0) is 37.5 Å². The van der Waals surface area contributed by atoms with E-state index in [4.69, 9.17) is 5.11 Å². The zero-order valence-corrected chi connectivity index (χ0v) is 11.7. The normalized spacial score (nSPS) is 11.0. The summed E-state index contributed by atoms with van der Waals surface area (Å²) < 4.78 is 15.7. The molecule has 0 aliphatic rings. The van der Waals surface area contributed by atoms with Gasteiger partial charge in [0.1, 0.15) is 11.4 Å². The Morgan fingerprint density at radius 2 is 2.05 bits per heavy atom. The molecule has 0 fully saturated rings. The number of rotatable bonds is 3. The van der Waals surface area contributed by atoms with Gasteiger partial charge in [-0.2, -0.15) is 0 Å². The van der Waals surface area contributed by atoms with Crippen molar-refractivity contribution in [3.63, 3.8) is 0 Å². The third kappa shape index (κ3) is 1.99. The maximum absolute atomic E-state index is 14.0. The molecule has 0 bridgehead atoms. The van der Waals surface area contributed by atoms with Gasteiger partial charge in [0, 0.05) is 18.1 Å². The summed E-state index contributed by atoms with van der Waals surface area (Å²) in [7, 11) is 0. The van der Waals surface area contributed by atoms with E-state index in [1.165, 1.54) is 6.20 Å². The van der Waals surface area contributed by atoms with Crippen LogP contribution in [-0.4, -0.2) is 15.6 Å². The molecule has 1 aromatic carbocycles. The van der Waals surface area contributed by atoms with Crippen LogP contribution in [0.2, 0.25) is 0 Å². The van der Waals surface area contributed by atoms with Crippen molar-refractivity contribution in [1.29, 1.82) is 0 Å². The summed E-state index contributed by atoms with van der Waals surface area (Å²) >= 11 is 0. The summed E-state index contributed by atoms with van der Waals surface area (Å²) in [5.41, 5.74) is 0.894. The van der Waals surface area contributed by atoms with Gasteiger partial charge in [-0.1, -0.05) is 6.92 Å². The molecule has 0 radical (unpaired) electrons.